The first-order chi connectivity index (χ1) is 10.1. The molecule has 0 fully saturated rings. The van der Waals surface area contributed by atoms with Crippen LogP contribution in [0.3, 0.4) is 0 Å². The van der Waals surface area contributed by atoms with Crippen molar-refractivity contribution in [3.8, 4) is 11.5 Å². The van der Waals surface area contributed by atoms with E-state index < -0.39 is 0 Å². The van der Waals surface area contributed by atoms with Crippen LogP contribution >= 0.6 is 0 Å². The molecule has 4 nitrogen and oxygen atoms in total. The second-order valence-electron chi connectivity index (χ2n) is 5.76. The zero-order chi connectivity index (χ0) is 15.2. The van der Waals surface area contributed by atoms with Crippen molar-refractivity contribution in [2.24, 2.45) is 5.92 Å². The molecule has 0 radical (unpaired) electrons. The van der Waals surface area contributed by atoms with Gasteiger partial charge in [-0.3, -0.25) is 4.98 Å². The van der Waals surface area contributed by atoms with Crippen LogP contribution in [0.1, 0.15) is 30.8 Å². The van der Waals surface area contributed by atoms with Crippen LogP contribution in [0, 0.1) is 19.8 Å². The number of aryl methyl sites for hydroxylation is 2. The Hall–Kier alpha value is -1.81. The van der Waals surface area contributed by atoms with Crippen molar-refractivity contribution in [1.82, 2.24) is 20.3 Å². The van der Waals surface area contributed by atoms with Crippen LogP contribution in [0.4, 0.5) is 0 Å². The molecular weight excluding hydrogens is 260 g/mol. The van der Waals surface area contributed by atoms with E-state index in [1.807, 2.05) is 18.2 Å². The van der Waals surface area contributed by atoms with Gasteiger partial charge in [0, 0.05) is 17.6 Å². The third-order valence-corrected chi connectivity index (χ3v) is 3.42. The monoisotopic (exact) mass is 284 g/mol. The van der Waals surface area contributed by atoms with Crippen molar-refractivity contribution >= 4 is 0 Å². The molecule has 1 N–H and O–H groups in total. The fourth-order valence-electron chi connectivity index (χ4n) is 2.31. The molecule has 2 rings (SSSR count). The fraction of sp³-hybridized carbons (Fsp3) is 0.471. The first-order valence-electron chi connectivity index (χ1n) is 7.54. The Morgan fingerprint density at radius 3 is 2.38 bits per heavy atom. The Kier molecular flexibility index (Phi) is 5.39. The minimum atomic E-state index is 0.676. The standard InChI is InChI=1S/C17H24N4/c1-12(2)11-18-10-8-15-13(3)20-17(21-14(15)4)16-7-5-6-9-19-16/h5-7,9,12,18H,8,10-11H2,1-4H3. The molecule has 0 amide bonds. The van der Waals surface area contributed by atoms with E-state index in [0.717, 1.165) is 36.6 Å². The third kappa shape index (κ3) is 4.33. The Labute approximate surface area is 127 Å². The number of hydrogen-bond donors (Lipinski definition) is 1. The van der Waals surface area contributed by atoms with Crippen molar-refractivity contribution in [3.63, 3.8) is 0 Å². The molecule has 0 aromatic carbocycles. The van der Waals surface area contributed by atoms with Gasteiger partial charge in [-0.15, -0.1) is 0 Å². The third-order valence-electron chi connectivity index (χ3n) is 3.42. The van der Waals surface area contributed by atoms with Crippen molar-refractivity contribution < 1.29 is 0 Å². The predicted octanol–water partition coefficient (Wildman–Crippen LogP) is 2.94. The van der Waals surface area contributed by atoms with Gasteiger partial charge in [-0.1, -0.05) is 19.9 Å². The maximum atomic E-state index is 4.62. The number of nitrogens with one attached hydrogen (secondary N) is 1. The predicted molar refractivity (Wildman–Crippen MR) is 86.1 cm³/mol. The lowest BCUT2D eigenvalue weighted by Gasteiger charge is -2.12. The van der Waals surface area contributed by atoms with Gasteiger partial charge in [0.25, 0.3) is 0 Å². The highest BCUT2D eigenvalue weighted by Crippen LogP contribution is 2.17. The lowest BCUT2D eigenvalue weighted by molar-refractivity contribution is 0.553. The second kappa shape index (κ2) is 7.27. The minimum Gasteiger partial charge on any atom is -0.316 e. The summed E-state index contributed by atoms with van der Waals surface area (Å²) >= 11 is 0. The minimum absolute atomic E-state index is 0.676. The van der Waals surface area contributed by atoms with E-state index in [4.69, 9.17) is 0 Å². The second-order valence-corrected chi connectivity index (χ2v) is 5.76. The SMILES string of the molecule is Cc1nc(-c2ccccn2)nc(C)c1CCNCC(C)C. The Balaban J connectivity index is 2.11. The van der Waals surface area contributed by atoms with Gasteiger partial charge in [0.1, 0.15) is 5.69 Å². The zero-order valence-electron chi connectivity index (χ0n) is 13.3. The Morgan fingerprint density at radius 2 is 1.81 bits per heavy atom. The van der Waals surface area contributed by atoms with Crippen LogP contribution in [-0.2, 0) is 6.42 Å². The first kappa shape index (κ1) is 15.6. The molecule has 2 aromatic heterocycles. The van der Waals surface area contributed by atoms with Crippen LogP contribution in [0.25, 0.3) is 11.5 Å². The van der Waals surface area contributed by atoms with E-state index in [0.29, 0.717) is 11.7 Å². The van der Waals surface area contributed by atoms with Crippen LogP contribution in [0.2, 0.25) is 0 Å². The summed E-state index contributed by atoms with van der Waals surface area (Å²) in [5.74, 6) is 1.39. The molecule has 21 heavy (non-hydrogen) atoms. The molecule has 0 bridgehead atoms. The smallest absolute Gasteiger partial charge is 0.178 e. The number of hydrogen-bond acceptors (Lipinski definition) is 4. The highest BCUT2D eigenvalue weighted by atomic mass is 14.9. The van der Waals surface area contributed by atoms with Gasteiger partial charge < -0.3 is 5.32 Å². The van der Waals surface area contributed by atoms with Crippen LogP contribution in [0.15, 0.2) is 24.4 Å². The quantitative estimate of drug-likeness (QED) is 0.829. The summed E-state index contributed by atoms with van der Waals surface area (Å²) in [6.45, 7) is 10.6. The van der Waals surface area contributed by atoms with E-state index in [9.17, 15) is 0 Å². The first-order valence-corrected chi connectivity index (χ1v) is 7.54. The average molecular weight is 284 g/mol. The Bertz CT molecular complexity index is 556. The van der Waals surface area contributed by atoms with Gasteiger partial charge in [-0.05, 0) is 57.0 Å². The van der Waals surface area contributed by atoms with Gasteiger partial charge in [-0.25, -0.2) is 9.97 Å². The summed E-state index contributed by atoms with van der Waals surface area (Å²) in [5.41, 5.74) is 4.17. The molecule has 0 aliphatic rings. The topological polar surface area (TPSA) is 50.7 Å². The molecule has 2 aromatic rings. The van der Waals surface area contributed by atoms with E-state index in [1.54, 1.807) is 6.20 Å². The van der Waals surface area contributed by atoms with Gasteiger partial charge in [0.05, 0.1) is 0 Å². The maximum Gasteiger partial charge on any atom is 0.178 e. The molecule has 0 aliphatic heterocycles. The number of pyridine rings is 1. The van der Waals surface area contributed by atoms with E-state index in [-0.39, 0.29) is 0 Å². The lowest BCUT2D eigenvalue weighted by atomic mass is 10.1. The van der Waals surface area contributed by atoms with Crippen LogP contribution in [-0.4, -0.2) is 28.0 Å². The number of aromatic nitrogens is 3. The molecule has 0 spiro atoms. The van der Waals surface area contributed by atoms with E-state index >= 15 is 0 Å². The Morgan fingerprint density at radius 1 is 1.10 bits per heavy atom. The molecule has 0 atom stereocenters. The summed E-state index contributed by atoms with van der Waals surface area (Å²) in [6, 6.07) is 5.80. The van der Waals surface area contributed by atoms with Crippen LogP contribution in [0.5, 0.6) is 0 Å². The molecule has 0 saturated heterocycles. The van der Waals surface area contributed by atoms with Gasteiger partial charge in [0.15, 0.2) is 5.82 Å². The number of rotatable bonds is 6. The summed E-state index contributed by atoms with van der Waals surface area (Å²) in [6.07, 6.45) is 2.74. The van der Waals surface area contributed by atoms with Crippen molar-refractivity contribution in [3.05, 3.63) is 41.3 Å². The lowest BCUT2D eigenvalue weighted by Crippen LogP contribution is -2.23. The van der Waals surface area contributed by atoms with Crippen molar-refractivity contribution in [2.45, 2.75) is 34.1 Å². The normalized spacial score (nSPS) is 11.1. The molecule has 0 saturated carbocycles. The molecule has 0 unspecified atom stereocenters. The maximum absolute atomic E-state index is 4.62. The molecule has 2 heterocycles. The van der Waals surface area contributed by atoms with Gasteiger partial charge in [0.2, 0.25) is 0 Å². The average Bonchev–Trinajstić information content (AvgIpc) is 2.46. The molecular formula is C17H24N4. The fourth-order valence-corrected chi connectivity index (χ4v) is 2.31. The summed E-state index contributed by atoms with van der Waals surface area (Å²) in [7, 11) is 0. The van der Waals surface area contributed by atoms with E-state index in [1.165, 1.54) is 5.56 Å². The van der Waals surface area contributed by atoms with Gasteiger partial charge >= 0.3 is 0 Å². The molecule has 4 heteroatoms. The largest absolute Gasteiger partial charge is 0.316 e. The highest BCUT2D eigenvalue weighted by molar-refractivity contribution is 5.49. The molecule has 0 aliphatic carbocycles. The van der Waals surface area contributed by atoms with Crippen molar-refractivity contribution in [2.75, 3.05) is 13.1 Å². The summed E-state index contributed by atoms with van der Waals surface area (Å²) in [5, 5.41) is 3.47. The summed E-state index contributed by atoms with van der Waals surface area (Å²) < 4.78 is 0. The van der Waals surface area contributed by atoms with E-state index in [2.05, 4.69) is 48.0 Å². The summed E-state index contributed by atoms with van der Waals surface area (Å²) in [4.78, 5) is 13.6. The highest BCUT2D eigenvalue weighted by Gasteiger charge is 2.10. The van der Waals surface area contributed by atoms with Crippen molar-refractivity contribution in [1.29, 1.82) is 0 Å². The number of nitrogens with zero attached hydrogens (tertiary/aromatic N) is 3. The van der Waals surface area contributed by atoms with Crippen LogP contribution < -0.4 is 5.32 Å². The molecule has 112 valence electrons. The zero-order valence-corrected chi connectivity index (χ0v) is 13.3. The van der Waals surface area contributed by atoms with Gasteiger partial charge in [-0.2, -0.15) is 0 Å².